The minimum atomic E-state index is 0.246. The van der Waals surface area contributed by atoms with Gasteiger partial charge < -0.3 is 5.73 Å². The van der Waals surface area contributed by atoms with Crippen LogP contribution in [0.4, 0.5) is 0 Å². The molecule has 0 atom stereocenters. The summed E-state index contributed by atoms with van der Waals surface area (Å²) < 4.78 is 0. The SMILES string of the molecule is CC.CN.Cc1nc(CCC/C=C/c2cccc(C(=N)C(=N)c3ccccc3)c2)cs1. The minimum absolute atomic E-state index is 0.246. The molecule has 0 aliphatic rings. The van der Waals surface area contributed by atoms with Gasteiger partial charge in [-0.25, -0.2) is 4.98 Å². The molecule has 0 aliphatic heterocycles. The molecule has 4 N–H and O–H groups in total. The Morgan fingerprint density at radius 2 is 1.61 bits per heavy atom. The van der Waals surface area contributed by atoms with Crippen LogP contribution in [0.1, 0.15) is 54.1 Å². The molecule has 2 aromatic carbocycles. The average molecular weight is 435 g/mol. The lowest BCUT2D eigenvalue weighted by Crippen LogP contribution is -2.14. The van der Waals surface area contributed by atoms with Crippen LogP contribution in [0, 0.1) is 17.7 Å². The molecule has 0 aliphatic carbocycles. The van der Waals surface area contributed by atoms with E-state index in [1.807, 2.05) is 75.4 Å². The first-order valence-corrected chi connectivity index (χ1v) is 11.5. The van der Waals surface area contributed by atoms with Crippen molar-refractivity contribution in [2.24, 2.45) is 5.73 Å². The highest BCUT2D eigenvalue weighted by molar-refractivity contribution is 7.09. The van der Waals surface area contributed by atoms with Gasteiger partial charge in [-0.2, -0.15) is 0 Å². The van der Waals surface area contributed by atoms with Gasteiger partial charge in [0.2, 0.25) is 0 Å². The van der Waals surface area contributed by atoms with E-state index in [0.717, 1.165) is 41.0 Å². The lowest BCUT2D eigenvalue weighted by atomic mass is 9.98. The van der Waals surface area contributed by atoms with E-state index in [0.29, 0.717) is 0 Å². The third-order valence-electron chi connectivity index (χ3n) is 4.27. The average Bonchev–Trinajstić information content (AvgIpc) is 3.26. The summed E-state index contributed by atoms with van der Waals surface area (Å²) in [4.78, 5) is 4.49. The second-order valence-corrected chi connectivity index (χ2v) is 7.46. The Hall–Kier alpha value is -2.89. The number of benzene rings is 2. The van der Waals surface area contributed by atoms with Gasteiger partial charge in [-0.1, -0.05) is 74.5 Å². The molecule has 1 aromatic heterocycles. The number of nitrogens with one attached hydrogen (secondary N) is 2. The first kappa shape index (κ1) is 26.1. The van der Waals surface area contributed by atoms with E-state index in [2.05, 4.69) is 28.2 Å². The Morgan fingerprint density at radius 3 is 2.26 bits per heavy atom. The van der Waals surface area contributed by atoms with Crippen LogP contribution in [0.2, 0.25) is 0 Å². The van der Waals surface area contributed by atoms with Crippen molar-refractivity contribution in [1.82, 2.24) is 4.98 Å². The van der Waals surface area contributed by atoms with E-state index in [1.54, 1.807) is 11.3 Å². The van der Waals surface area contributed by atoms with Crippen LogP contribution in [-0.2, 0) is 6.42 Å². The van der Waals surface area contributed by atoms with E-state index in [-0.39, 0.29) is 11.4 Å². The maximum Gasteiger partial charge on any atom is 0.0897 e. The minimum Gasteiger partial charge on any atom is -0.333 e. The predicted octanol–water partition coefficient (Wildman–Crippen LogP) is 6.52. The Morgan fingerprint density at radius 1 is 0.968 bits per heavy atom. The van der Waals surface area contributed by atoms with Gasteiger partial charge in [0, 0.05) is 16.5 Å². The van der Waals surface area contributed by atoms with Gasteiger partial charge in [-0.15, -0.1) is 11.3 Å². The number of aryl methyl sites for hydroxylation is 2. The van der Waals surface area contributed by atoms with Gasteiger partial charge in [0.1, 0.15) is 0 Å². The van der Waals surface area contributed by atoms with Crippen LogP contribution in [-0.4, -0.2) is 23.5 Å². The zero-order chi connectivity index (χ0) is 23.1. The fourth-order valence-corrected chi connectivity index (χ4v) is 3.48. The van der Waals surface area contributed by atoms with Gasteiger partial charge in [0.05, 0.1) is 22.1 Å². The quantitative estimate of drug-likeness (QED) is 0.278. The topological polar surface area (TPSA) is 86.6 Å². The predicted molar refractivity (Wildman–Crippen MR) is 137 cm³/mol. The number of allylic oxidation sites excluding steroid dienone is 1. The molecule has 5 heteroatoms. The zero-order valence-corrected chi connectivity index (χ0v) is 19.8. The van der Waals surface area contributed by atoms with E-state index in [1.165, 1.54) is 12.7 Å². The van der Waals surface area contributed by atoms with Crippen LogP contribution in [0.15, 0.2) is 66.1 Å². The molecule has 0 saturated heterocycles. The van der Waals surface area contributed by atoms with E-state index >= 15 is 0 Å². The lowest BCUT2D eigenvalue weighted by molar-refractivity contribution is 0.823. The molecule has 1 heterocycles. The highest BCUT2D eigenvalue weighted by atomic mass is 32.1. The molecule has 0 fully saturated rings. The second kappa shape index (κ2) is 15.0. The van der Waals surface area contributed by atoms with Gasteiger partial charge in [0.25, 0.3) is 0 Å². The molecular formula is C26H34N4S. The van der Waals surface area contributed by atoms with Crippen molar-refractivity contribution < 1.29 is 0 Å². The van der Waals surface area contributed by atoms with Crippen LogP contribution in [0.5, 0.6) is 0 Å². The van der Waals surface area contributed by atoms with Crippen molar-refractivity contribution in [2.45, 2.75) is 40.0 Å². The summed E-state index contributed by atoms with van der Waals surface area (Å²) in [5.74, 6) is 0. The first-order chi connectivity index (χ1) is 15.1. The molecule has 4 nitrogen and oxygen atoms in total. The fourth-order valence-electron chi connectivity index (χ4n) is 2.83. The summed E-state index contributed by atoms with van der Waals surface area (Å²) in [7, 11) is 1.50. The molecule has 0 spiro atoms. The van der Waals surface area contributed by atoms with Gasteiger partial charge in [-0.05, 0) is 44.9 Å². The smallest absolute Gasteiger partial charge is 0.0897 e. The van der Waals surface area contributed by atoms with E-state index in [9.17, 15) is 0 Å². The number of hydrogen-bond donors (Lipinski definition) is 3. The number of nitrogens with zero attached hydrogens (tertiary/aromatic N) is 1. The molecule has 0 radical (unpaired) electrons. The maximum atomic E-state index is 8.36. The molecule has 31 heavy (non-hydrogen) atoms. The maximum absolute atomic E-state index is 8.36. The lowest BCUT2D eigenvalue weighted by Gasteiger charge is -2.07. The second-order valence-electron chi connectivity index (χ2n) is 6.39. The van der Waals surface area contributed by atoms with Crippen molar-refractivity contribution in [3.8, 4) is 0 Å². The van der Waals surface area contributed by atoms with Gasteiger partial charge in [0.15, 0.2) is 0 Å². The third-order valence-corrected chi connectivity index (χ3v) is 5.09. The Bertz CT molecular complexity index is 958. The van der Waals surface area contributed by atoms with Crippen molar-refractivity contribution >= 4 is 28.8 Å². The highest BCUT2D eigenvalue weighted by Crippen LogP contribution is 2.13. The van der Waals surface area contributed by atoms with Crippen molar-refractivity contribution in [3.63, 3.8) is 0 Å². The standard InChI is InChI=1S/C23H23N3S.C2H6.CH5N/c1-17-26-21(16-27-17)14-7-2-4-9-18-10-8-13-20(15-18)23(25)22(24)19-11-5-3-6-12-19;2*1-2/h3-6,8-13,15-16,24-25H,2,7,14H2,1H3;1-2H3;2H2,1H3/b9-4+,24-22?,25-23?;;. The number of aromatic nitrogens is 1. The Balaban J connectivity index is 0.00000113. The van der Waals surface area contributed by atoms with Crippen LogP contribution < -0.4 is 5.73 Å². The Kier molecular flexibility index (Phi) is 12.6. The van der Waals surface area contributed by atoms with Gasteiger partial charge >= 0.3 is 0 Å². The summed E-state index contributed by atoms with van der Waals surface area (Å²) in [5, 5.41) is 19.9. The molecule has 0 unspecified atom stereocenters. The summed E-state index contributed by atoms with van der Waals surface area (Å²) in [6, 6.07) is 17.3. The first-order valence-electron chi connectivity index (χ1n) is 10.6. The number of thiazole rings is 1. The van der Waals surface area contributed by atoms with Crippen molar-refractivity contribution in [2.75, 3.05) is 7.05 Å². The number of hydrogen-bond acceptors (Lipinski definition) is 5. The molecule has 0 amide bonds. The number of rotatable bonds is 8. The van der Waals surface area contributed by atoms with Gasteiger partial charge in [-0.3, -0.25) is 10.8 Å². The van der Waals surface area contributed by atoms with E-state index < -0.39 is 0 Å². The normalized spacial score (nSPS) is 9.97. The van der Waals surface area contributed by atoms with Crippen molar-refractivity contribution in [3.05, 3.63) is 93.4 Å². The summed E-state index contributed by atoms with van der Waals surface area (Å²) in [6.45, 7) is 6.04. The van der Waals surface area contributed by atoms with Crippen molar-refractivity contribution in [1.29, 1.82) is 10.8 Å². The third kappa shape index (κ3) is 8.79. The molecule has 3 rings (SSSR count). The zero-order valence-electron chi connectivity index (χ0n) is 19.0. The molecular weight excluding hydrogens is 400 g/mol. The molecule has 0 bridgehead atoms. The number of nitrogens with two attached hydrogens (primary N) is 1. The highest BCUT2D eigenvalue weighted by Gasteiger charge is 2.10. The molecule has 3 aromatic rings. The molecule has 164 valence electrons. The molecule has 0 saturated carbocycles. The monoisotopic (exact) mass is 434 g/mol. The summed E-state index contributed by atoms with van der Waals surface area (Å²) in [5.41, 5.74) is 8.76. The number of unbranched alkanes of at least 4 members (excludes halogenated alkanes) is 1. The summed E-state index contributed by atoms with van der Waals surface area (Å²) in [6.07, 6.45) is 7.35. The van der Waals surface area contributed by atoms with E-state index in [4.69, 9.17) is 10.8 Å². The summed E-state index contributed by atoms with van der Waals surface area (Å²) >= 11 is 1.70. The van der Waals surface area contributed by atoms with Crippen LogP contribution in [0.3, 0.4) is 0 Å². The Labute approximate surface area is 190 Å². The van der Waals surface area contributed by atoms with Crippen LogP contribution >= 0.6 is 11.3 Å². The fraction of sp³-hybridized carbons (Fsp3) is 0.269. The largest absolute Gasteiger partial charge is 0.333 e. The van der Waals surface area contributed by atoms with Crippen LogP contribution in [0.25, 0.3) is 6.08 Å².